The van der Waals surface area contributed by atoms with Crippen LogP contribution in [-0.4, -0.2) is 48.1 Å². The molecule has 2 fully saturated rings. The second kappa shape index (κ2) is 7.46. The van der Waals surface area contributed by atoms with Crippen LogP contribution in [-0.2, 0) is 4.79 Å². The van der Waals surface area contributed by atoms with E-state index < -0.39 is 0 Å². The molecule has 5 heteroatoms. The molecule has 0 aromatic rings. The topological polar surface area (TPSA) is 44.4 Å². The molecule has 112 valence electrons. The first kappa shape index (κ1) is 16.7. The van der Waals surface area contributed by atoms with E-state index in [0.29, 0.717) is 18.1 Å². The summed E-state index contributed by atoms with van der Waals surface area (Å²) in [7, 11) is 0. The molecule has 2 rings (SSSR count). The zero-order valence-corrected chi connectivity index (χ0v) is 13.1. The van der Waals surface area contributed by atoms with Gasteiger partial charge in [-0.3, -0.25) is 9.69 Å². The molecule has 1 saturated carbocycles. The second-order valence-electron chi connectivity index (χ2n) is 6.09. The van der Waals surface area contributed by atoms with Gasteiger partial charge < -0.3 is 10.6 Å². The molecule has 1 aliphatic heterocycles. The number of carbonyl (C=O) groups is 1. The number of carbonyl (C=O) groups excluding carboxylic acids is 1. The maximum Gasteiger partial charge on any atom is 0.237 e. The lowest BCUT2D eigenvalue weighted by atomic mass is 10.1. The fraction of sp³-hybridized carbons (Fsp3) is 0.929. The number of rotatable bonds is 3. The predicted octanol–water partition coefficient (Wildman–Crippen LogP) is 1.54. The minimum atomic E-state index is -0.00222. The Kier molecular flexibility index (Phi) is 6.57. The summed E-state index contributed by atoms with van der Waals surface area (Å²) in [5.74, 6) is 0.211. The molecular formula is C14H28ClN3O. The second-order valence-corrected chi connectivity index (χ2v) is 6.09. The monoisotopic (exact) mass is 289 g/mol. The van der Waals surface area contributed by atoms with E-state index in [-0.39, 0.29) is 24.4 Å². The molecule has 0 spiro atoms. The number of nitrogens with zero attached hydrogens (tertiary/aromatic N) is 1. The van der Waals surface area contributed by atoms with Gasteiger partial charge in [0.25, 0.3) is 0 Å². The van der Waals surface area contributed by atoms with Gasteiger partial charge in [0.1, 0.15) is 0 Å². The van der Waals surface area contributed by atoms with Crippen LogP contribution in [0.3, 0.4) is 0 Å². The van der Waals surface area contributed by atoms with Crippen LogP contribution < -0.4 is 10.6 Å². The molecule has 19 heavy (non-hydrogen) atoms. The summed E-state index contributed by atoms with van der Waals surface area (Å²) in [5.41, 5.74) is 0. The molecule has 0 bridgehead atoms. The van der Waals surface area contributed by atoms with E-state index in [0.717, 1.165) is 25.9 Å². The van der Waals surface area contributed by atoms with Gasteiger partial charge >= 0.3 is 0 Å². The smallest absolute Gasteiger partial charge is 0.237 e. The Morgan fingerprint density at radius 3 is 2.26 bits per heavy atom. The highest BCUT2D eigenvalue weighted by atomic mass is 35.5. The number of nitrogens with one attached hydrogen (secondary N) is 2. The Morgan fingerprint density at radius 2 is 1.74 bits per heavy atom. The Hall–Kier alpha value is -0.320. The average molecular weight is 290 g/mol. The Morgan fingerprint density at radius 1 is 1.21 bits per heavy atom. The third-order valence-electron chi connectivity index (χ3n) is 4.21. The molecule has 3 unspecified atom stereocenters. The van der Waals surface area contributed by atoms with Crippen molar-refractivity contribution in [1.29, 1.82) is 0 Å². The maximum absolute atomic E-state index is 12.2. The summed E-state index contributed by atoms with van der Waals surface area (Å²) in [6.07, 6.45) is 4.85. The number of hydrogen-bond acceptors (Lipinski definition) is 3. The Labute approximate surface area is 123 Å². The Balaban J connectivity index is 0.00000180. The van der Waals surface area contributed by atoms with Gasteiger partial charge in [-0.15, -0.1) is 12.4 Å². The zero-order valence-electron chi connectivity index (χ0n) is 12.3. The van der Waals surface area contributed by atoms with Crippen molar-refractivity contribution in [3.63, 3.8) is 0 Å². The van der Waals surface area contributed by atoms with Crippen molar-refractivity contribution in [2.24, 2.45) is 0 Å². The van der Waals surface area contributed by atoms with Crippen molar-refractivity contribution in [1.82, 2.24) is 15.5 Å². The van der Waals surface area contributed by atoms with Crippen LogP contribution in [0.4, 0.5) is 0 Å². The van der Waals surface area contributed by atoms with Crippen LogP contribution >= 0.6 is 12.4 Å². The molecule has 0 radical (unpaired) electrons. The Bertz CT molecular complexity index is 284. The summed E-state index contributed by atoms with van der Waals surface area (Å²) in [5, 5.41) is 6.71. The minimum absolute atomic E-state index is 0. The SMILES string of the molecule is CC1CN(C(C)C(=O)NC2CCCC2)CC(C)N1.Cl. The first-order valence-corrected chi connectivity index (χ1v) is 7.36. The van der Waals surface area contributed by atoms with Gasteiger partial charge in [0.15, 0.2) is 0 Å². The molecule has 0 aromatic carbocycles. The molecule has 1 aliphatic carbocycles. The van der Waals surface area contributed by atoms with Crippen LogP contribution in [0.15, 0.2) is 0 Å². The maximum atomic E-state index is 12.2. The third-order valence-corrected chi connectivity index (χ3v) is 4.21. The summed E-state index contributed by atoms with van der Waals surface area (Å²) >= 11 is 0. The van der Waals surface area contributed by atoms with E-state index in [1.165, 1.54) is 12.8 Å². The molecule has 1 amide bonds. The largest absolute Gasteiger partial charge is 0.352 e. The van der Waals surface area contributed by atoms with E-state index in [1.807, 2.05) is 6.92 Å². The van der Waals surface area contributed by atoms with Crippen molar-refractivity contribution < 1.29 is 4.79 Å². The molecule has 1 heterocycles. The molecule has 0 aromatic heterocycles. The van der Waals surface area contributed by atoms with E-state index >= 15 is 0 Å². The molecule has 4 nitrogen and oxygen atoms in total. The number of amides is 1. The average Bonchev–Trinajstić information content (AvgIpc) is 2.79. The number of hydrogen-bond donors (Lipinski definition) is 2. The first-order chi connectivity index (χ1) is 8.56. The van der Waals surface area contributed by atoms with Gasteiger partial charge in [0.2, 0.25) is 5.91 Å². The molecule has 2 N–H and O–H groups in total. The standard InChI is InChI=1S/C14H27N3O.ClH/c1-10-8-17(9-11(2)15-10)12(3)14(18)16-13-6-4-5-7-13;/h10-13,15H,4-9H2,1-3H3,(H,16,18);1H. The van der Waals surface area contributed by atoms with Crippen molar-refractivity contribution in [3.05, 3.63) is 0 Å². The number of piperazine rings is 1. The van der Waals surface area contributed by atoms with E-state index in [4.69, 9.17) is 0 Å². The molecule has 2 aliphatic rings. The van der Waals surface area contributed by atoms with Gasteiger partial charge in [0, 0.05) is 31.2 Å². The van der Waals surface area contributed by atoms with Crippen molar-refractivity contribution in [2.45, 2.75) is 70.6 Å². The van der Waals surface area contributed by atoms with Gasteiger partial charge in [-0.25, -0.2) is 0 Å². The van der Waals surface area contributed by atoms with E-state index in [9.17, 15) is 4.79 Å². The quantitative estimate of drug-likeness (QED) is 0.828. The summed E-state index contributed by atoms with van der Waals surface area (Å²) < 4.78 is 0. The van der Waals surface area contributed by atoms with Gasteiger partial charge in [-0.05, 0) is 33.6 Å². The highest BCUT2D eigenvalue weighted by molar-refractivity contribution is 5.85. The van der Waals surface area contributed by atoms with E-state index in [2.05, 4.69) is 29.4 Å². The third kappa shape index (κ3) is 4.62. The van der Waals surface area contributed by atoms with Gasteiger partial charge in [0.05, 0.1) is 6.04 Å². The molecule has 3 atom stereocenters. The van der Waals surface area contributed by atoms with Gasteiger partial charge in [-0.2, -0.15) is 0 Å². The lowest BCUT2D eigenvalue weighted by Crippen LogP contribution is -2.59. The van der Waals surface area contributed by atoms with Crippen LogP contribution in [0.5, 0.6) is 0 Å². The van der Waals surface area contributed by atoms with Gasteiger partial charge in [-0.1, -0.05) is 12.8 Å². The summed E-state index contributed by atoms with van der Waals surface area (Å²) in [6, 6.07) is 1.36. The first-order valence-electron chi connectivity index (χ1n) is 7.36. The van der Waals surface area contributed by atoms with Crippen LogP contribution in [0, 0.1) is 0 Å². The van der Waals surface area contributed by atoms with Crippen molar-refractivity contribution >= 4 is 18.3 Å². The van der Waals surface area contributed by atoms with Crippen LogP contribution in [0.2, 0.25) is 0 Å². The lowest BCUT2D eigenvalue weighted by molar-refractivity contribution is -0.127. The van der Waals surface area contributed by atoms with Crippen molar-refractivity contribution in [2.75, 3.05) is 13.1 Å². The summed E-state index contributed by atoms with van der Waals surface area (Å²) in [6.45, 7) is 8.33. The van der Waals surface area contributed by atoms with Crippen molar-refractivity contribution in [3.8, 4) is 0 Å². The van der Waals surface area contributed by atoms with Crippen LogP contribution in [0.1, 0.15) is 46.5 Å². The lowest BCUT2D eigenvalue weighted by Gasteiger charge is -2.39. The van der Waals surface area contributed by atoms with Crippen LogP contribution in [0.25, 0.3) is 0 Å². The fourth-order valence-electron chi connectivity index (χ4n) is 3.24. The predicted molar refractivity (Wildman–Crippen MR) is 80.7 cm³/mol. The normalized spacial score (nSPS) is 30.7. The zero-order chi connectivity index (χ0) is 13.1. The fourth-order valence-corrected chi connectivity index (χ4v) is 3.24. The minimum Gasteiger partial charge on any atom is -0.352 e. The number of halogens is 1. The summed E-state index contributed by atoms with van der Waals surface area (Å²) in [4.78, 5) is 14.5. The highest BCUT2D eigenvalue weighted by Crippen LogP contribution is 2.18. The van der Waals surface area contributed by atoms with E-state index in [1.54, 1.807) is 0 Å². The molecular weight excluding hydrogens is 262 g/mol. The highest BCUT2D eigenvalue weighted by Gasteiger charge is 2.29. The molecule has 1 saturated heterocycles.